The van der Waals surface area contributed by atoms with Gasteiger partial charge in [0.25, 0.3) is 0 Å². The predicted octanol–water partition coefficient (Wildman–Crippen LogP) is 4.40. The number of nitrogens with one attached hydrogen (secondary N) is 1. The van der Waals surface area contributed by atoms with Crippen molar-refractivity contribution in [3.8, 4) is 0 Å². The second kappa shape index (κ2) is 7.62. The minimum Gasteiger partial charge on any atom is -0.310 e. The van der Waals surface area contributed by atoms with Gasteiger partial charge < -0.3 is 5.32 Å². The molecule has 0 aliphatic heterocycles. The molecule has 4 heteroatoms. The molecule has 0 saturated carbocycles. The van der Waals surface area contributed by atoms with Gasteiger partial charge in [-0.1, -0.05) is 48.9 Å². The summed E-state index contributed by atoms with van der Waals surface area (Å²) in [7, 11) is 0. The van der Waals surface area contributed by atoms with Gasteiger partial charge in [0.15, 0.2) is 0 Å². The van der Waals surface area contributed by atoms with E-state index in [1.54, 1.807) is 6.20 Å². The summed E-state index contributed by atoms with van der Waals surface area (Å²) < 4.78 is 2.02. The van der Waals surface area contributed by atoms with Crippen LogP contribution in [-0.2, 0) is 6.42 Å². The maximum atomic E-state index is 6.29. The van der Waals surface area contributed by atoms with Crippen LogP contribution < -0.4 is 5.32 Å². The molecule has 0 amide bonds. The Labute approximate surface area is 132 Å². The molecule has 1 heterocycles. The van der Waals surface area contributed by atoms with Gasteiger partial charge in [0.1, 0.15) is 0 Å². The van der Waals surface area contributed by atoms with Crippen LogP contribution in [0.15, 0.2) is 36.5 Å². The highest BCUT2D eigenvalue weighted by atomic mass is 35.5. The maximum absolute atomic E-state index is 6.29. The molecular formula is C17H24ClN3. The fourth-order valence-corrected chi connectivity index (χ4v) is 2.87. The normalized spacial score (nSPS) is 12.8. The number of aromatic nitrogens is 2. The first-order chi connectivity index (χ1) is 10.1. The number of hydrogen-bond acceptors (Lipinski definition) is 2. The van der Waals surface area contributed by atoms with Crippen LogP contribution in [0.1, 0.15) is 50.5 Å². The molecule has 0 bridgehead atoms. The zero-order valence-electron chi connectivity index (χ0n) is 13.0. The number of benzene rings is 1. The number of hydrogen-bond donors (Lipinski definition) is 1. The van der Waals surface area contributed by atoms with Gasteiger partial charge in [0, 0.05) is 12.1 Å². The van der Waals surface area contributed by atoms with Crippen LogP contribution >= 0.6 is 11.6 Å². The van der Waals surface area contributed by atoms with E-state index in [4.69, 9.17) is 11.6 Å². The summed E-state index contributed by atoms with van der Waals surface area (Å²) in [6, 6.07) is 11.3. The first-order valence-corrected chi connectivity index (χ1v) is 8.01. The summed E-state index contributed by atoms with van der Waals surface area (Å²) >= 11 is 6.29. The molecule has 0 spiro atoms. The molecule has 3 nitrogen and oxygen atoms in total. The summed E-state index contributed by atoms with van der Waals surface area (Å²) in [5, 5.41) is 8.70. The molecule has 1 aromatic carbocycles. The van der Waals surface area contributed by atoms with Crippen molar-refractivity contribution >= 4 is 11.6 Å². The smallest absolute Gasteiger partial charge is 0.0817 e. The predicted molar refractivity (Wildman–Crippen MR) is 88.8 cm³/mol. The Morgan fingerprint density at radius 3 is 2.57 bits per heavy atom. The molecule has 1 aromatic heterocycles. The average Bonchev–Trinajstić information content (AvgIpc) is 2.86. The Balaban J connectivity index is 2.11. The van der Waals surface area contributed by atoms with Crippen LogP contribution in [-0.4, -0.2) is 16.3 Å². The van der Waals surface area contributed by atoms with Gasteiger partial charge in [0.05, 0.1) is 16.9 Å². The third kappa shape index (κ3) is 4.08. The summed E-state index contributed by atoms with van der Waals surface area (Å²) in [5.74, 6) is 0. The Hall–Kier alpha value is -1.32. The van der Waals surface area contributed by atoms with E-state index in [9.17, 15) is 0 Å². The van der Waals surface area contributed by atoms with E-state index in [-0.39, 0.29) is 0 Å². The lowest BCUT2D eigenvalue weighted by atomic mass is 10.0. The molecule has 21 heavy (non-hydrogen) atoms. The van der Waals surface area contributed by atoms with Gasteiger partial charge in [-0.3, -0.25) is 4.68 Å². The van der Waals surface area contributed by atoms with Crippen LogP contribution in [0.5, 0.6) is 0 Å². The van der Waals surface area contributed by atoms with Crippen molar-refractivity contribution in [3.63, 3.8) is 0 Å². The van der Waals surface area contributed by atoms with Crippen LogP contribution in [0, 0.1) is 0 Å². The molecule has 0 aliphatic carbocycles. The van der Waals surface area contributed by atoms with Gasteiger partial charge in [-0.2, -0.15) is 5.10 Å². The molecule has 0 fully saturated rings. The van der Waals surface area contributed by atoms with E-state index >= 15 is 0 Å². The van der Waals surface area contributed by atoms with Crippen LogP contribution in [0.25, 0.3) is 0 Å². The number of nitrogens with zero attached hydrogens (tertiary/aromatic N) is 2. The lowest BCUT2D eigenvalue weighted by Gasteiger charge is -2.19. The third-order valence-electron chi connectivity index (χ3n) is 3.66. The monoisotopic (exact) mass is 305 g/mol. The zero-order chi connectivity index (χ0) is 15.2. The lowest BCUT2D eigenvalue weighted by Crippen LogP contribution is -2.22. The summed E-state index contributed by atoms with van der Waals surface area (Å²) in [6.45, 7) is 7.36. The van der Waals surface area contributed by atoms with E-state index in [1.165, 1.54) is 5.56 Å². The van der Waals surface area contributed by atoms with E-state index in [0.717, 1.165) is 30.1 Å². The van der Waals surface area contributed by atoms with Crippen LogP contribution in [0.3, 0.4) is 0 Å². The first-order valence-electron chi connectivity index (χ1n) is 7.63. The Kier molecular flexibility index (Phi) is 5.83. The topological polar surface area (TPSA) is 29.9 Å². The SMILES string of the molecule is CCNC(CCc1c(Cl)cnn1C(C)C)c1ccccc1. The minimum atomic E-state index is 0.335. The molecule has 0 radical (unpaired) electrons. The number of rotatable bonds is 7. The highest BCUT2D eigenvalue weighted by molar-refractivity contribution is 6.31. The van der Waals surface area contributed by atoms with Gasteiger partial charge in [0.2, 0.25) is 0 Å². The Morgan fingerprint density at radius 1 is 1.24 bits per heavy atom. The second-order valence-electron chi connectivity index (χ2n) is 5.54. The summed E-state index contributed by atoms with van der Waals surface area (Å²) in [6.07, 6.45) is 3.68. The molecule has 1 atom stereocenters. The van der Waals surface area contributed by atoms with Crippen molar-refractivity contribution in [1.82, 2.24) is 15.1 Å². The zero-order valence-corrected chi connectivity index (χ0v) is 13.8. The van der Waals surface area contributed by atoms with Crippen LogP contribution in [0.4, 0.5) is 0 Å². The average molecular weight is 306 g/mol. The standard InChI is InChI=1S/C17H24ClN3/c1-4-19-16(14-8-6-5-7-9-14)10-11-17-15(18)12-20-21(17)13(2)3/h5-9,12-13,16,19H,4,10-11H2,1-3H3. The molecule has 2 rings (SSSR count). The van der Waals surface area contributed by atoms with Gasteiger partial charge in [-0.05, 0) is 38.8 Å². The van der Waals surface area contributed by atoms with Crippen molar-refractivity contribution in [1.29, 1.82) is 0 Å². The second-order valence-corrected chi connectivity index (χ2v) is 5.94. The van der Waals surface area contributed by atoms with Gasteiger partial charge in [-0.15, -0.1) is 0 Å². The Morgan fingerprint density at radius 2 is 1.95 bits per heavy atom. The third-order valence-corrected chi connectivity index (χ3v) is 3.97. The summed E-state index contributed by atoms with van der Waals surface area (Å²) in [5.41, 5.74) is 2.46. The first kappa shape index (κ1) is 16.1. The molecular weight excluding hydrogens is 282 g/mol. The summed E-state index contributed by atoms with van der Waals surface area (Å²) in [4.78, 5) is 0. The molecule has 1 unspecified atom stereocenters. The largest absolute Gasteiger partial charge is 0.310 e. The fraction of sp³-hybridized carbons (Fsp3) is 0.471. The van der Waals surface area contributed by atoms with Crippen molar-refractivity contribution < 1.29 is 0 Å². The maximum Gasteiger partial charge on any atom is 0.0817 e. The number of halogens is 1. The quantitative estimate of drug-likeness (QED) is 0.821. The van der Waals surface area contributed by atoms with E-state index in [0.29, 0.717) is 12.1 Å². The van der Waals surface area contributed by atoms with Crippen LogP contribution in [0.2, 0.25) is 5.02 Å². The molecule has 0 saturated heterocycles. The molecule has 1 N–H and O–H groups in total. The highest BCUT2D eigenvalue weighted by Gasteiger charge is 2.15. The van der Waals surface area contributed by atoms with Gasteiger partial charge >= 0.3 is 0 Å². The molecule has 114 valence electrons. The molecule has 0 aliphatic rings. The molecule has 2 aromatic rings. The van der Waals surface area contributed by atoms with Crippen molar-refractivity contribution in [2.75, 3.05) is 6.54 Å². The highest BCUT2D eigenvalue weighted by Crippen LogP contribution is 2.24. The van der Waals surface area contributed by atoms with E-state index in [1.807, 2.05) is 4.68 Å². The van der Waals surface area contributed by atoms with Crippen molar-refractivity contribution in [2.24, 2.45) is 0 Å². The van der Waals surface area contributed by atoms with Gasteiger partial charge in [-0.25, -0.2) is 0 Å². The fourth-order valence-electron chi connectivity index (χ4n) is 2.64. The Bertz CT molecular complexity index is 548. The van der Waals surface area contributed by atoms with E-state index in [2.05, 4.69) is 61.5 Å². The minimum absolute atomic E-state index is 0.335. The lowest BCUT2D eigenvalue weighted by molar-refractivity contribution is 0.474. The van der Waals surface area contributed by atoms with Crippen molar-refractivity contribution in [2.45, 2.75) is 45.7 Å². The van der Waals surface area contributed by atoms with E-state index < -0.39 is 0 Å². The van der Waals surface area contributed by atoms with Crippen molar-refractivity contribution in [3.05, 3.63) is 52.8 Å².